The monoisotopic (exact) mass is 404 g/mol. The highest BCUT2D eigenvalue weighted by Gasteiger charge is 2.20. The van der Waals surface area contributed by atoms with Gasteiger partial charge >= 0.3 is 0 Å². The van der Waals surface area contributed by atoms with Gasteiger partial charge in [-0.3, -0.25) is 9.69 Å². The molecular weight excluding hydrogens is 376 g/mol. The van der Waals surface area contributed by atoms with Crippen LogP contribution >= 0.6 is 0 Å². The van der Waals surface area contributed by atoms with E-state index in [-0.39, 0.29) is 18.6 Å². The Labute approximate surface area is 177 Å². The van der Waals surface area contributed by atoms with Gasteiger partial charge in [-0.1, -0.05) is 60.2 Å². The summed E-state index contributed by atoms with van der Waals surface area (Å²) in [5.74, 6) is 0.575. The molecule has 0 spiro atoms. The number of fused-ring (bicyclic) bond motifs is 1. The van der Waals surface area contributed by atoms with Gasteiger partial charge in [-0.2, -0.15) is 0 Å². The SMILES string of the molecule is Cc1ccc([C@@H](CN2CCOCC2)NC(=O)COc2ccc3ccccc3c2)cc1. The lowest BCUT2D eigenvalue weighted by atomic mass is 10.0. The largest absolute Gasteiger partial charge is 0.484 e. The Hall–Kier alpha value is -2.89. The maximum absolute atomic E-state index is 12.7. The van der Waals surface area contributed by atoms with E-state index < -0.39 is 0 Å². The van der Waals surface area contributed by atoms with Crippen molar-refractivity contribution in [1.82, 2.24) is 10.2 Å². The van der Waals surface area contributed by atoms with E-state index in [0.29, 0.717) is 5.75 Å². The van der Waals surface area contributed by atoms with Crippen molar-refractivity contribution in [2.75, 3.05) is 39.5 Å². The summed E-state index contributed by atoms with van der Waals surface area (Å²) in [6, 6.07) is 22.2. The third-order valence-electron chi connectivity index (χ3n) is 5.45. The quantitative estimate of drug-likeness (QED) is 0.652. The van der Waals surface area contributed by atoms with Gasteiger partial charge in [-0.05, 0) is 35.4 Å². The lowest BCUT2D eigenvalue weighted by molar-refractivity contribution is -0.124. The Bertz CT molecular complexity index is 981. The second kappa shape index (κ2) is 9.74. The number of benzene rings is 3. The molecule has 30 heavy (non-hydrogen) atoms. The molecule has 4 rings (SSSR count). The van der Waals surface area contributed by atoms with Gasteiger partial charge < -0.3 is 14.8 Å². The van der Waals surface area contributed by atoms with Gasteiger partial charge in [0.1, 0.15) is 5.75 Å². The highest BCUT2D eigenvalue weighted by Crippen LogP contribution is 2.21. The van der Waals surface area contributed by atoms with E-state index in [0.717, 1.165) is 49.2 Å². The molecular formula is C25H28N2O3. The summed E-state index contributed by atoms with van der Waals surface area (Å²) >= 11 is 0. The molecule has 0 unspecified atom stereocenters. The van der Waals surface area contributed by atoms with Crippen molar-refractivity contribution in [3.63, 3.8) is 0 Å². The summed E-state index contributed by atoms with van der Waals surface area (Å²) in [5, 5.41) is 5.41. The number of morpholine rings is 1. The van der Waals surface area contributed by atoms with Crippen molar-refractivity contribution >= 4 is 16.7 Å². The maximum Gasteiger partial charge on any atom is 0.258 e. The van der Waals surface area contributed by atoms with Crippen LogP contribution in [0.25, 0.3) is 10.8 Å². The average molecular weight is 405 g/mol. The molecule has 1 fully saturated rings. The fourth-order valence-corrected chi connectivity index (χ4v) is 3.72. The third-order valence-corrected chi connectivity index (χ3v) is 5.45. The Morgan fingerprint density at radius 2 is 1.77 bits per heavy atom. The fraction of sp³-hybridized carbons (Fsp3) is 0.320. The summed E-state index contributed by atoms with van der Waals surface area (Å²) in [6.07, 6.45) is 0. The summed E-state index contributed by atoms with van der Waals surface area (Å²) in [7, 11) is 0. The molecule has 5 nitrogen and oxygen atoms in total. The standard InChI is InChI=1S/C25H28N2O3/c1-19-6-8-21(9-7-19)24(17-27-12-14-29-15-13-27)26-25(28)18-30-23-11-10-20-4-2-3-5-22(20)16-23/h2-11,16,24H,12-15,17-18H2,1H3,(H,26,28)/t24-/m1/s1. The number of hydrogen-bond donors (Lipinski definition) is 1. The van der Waals surface area contributed by atoms with Crippen LogP contribution in [0, 0.1) is 6.92 Å². The second-order valence-electron chi connectivity index (χ2n) is 7.74. The molecule has 0 aromatic heterocycles. The van der Waals surface area contributed by atoms with Crippen molar-refractivity contribution in [2.45, 2.75) is 13.0 Å². The summed E-state index contributed by atoms with van der Waals surface area (Å²) in [4.78, 5) is 15.0. The van der Waals surface area contributed by atoms with Crippen LogP contribution < -0.4 is 10.1 Å². The predicted molar refractivity (Wildman–Crippen MR) is 119 cm³/mol. The number of carbonyl (C=O) groups is 1. The minimum absolute atomic E-state index is 0.0101. The molecule has 1 atom stereocenters. The van der Waals surface area contributed by atoms with Gasteiger partial charge in [0.25, 0.3) is 5.91 Å². The lowest BCUT2D eigenvalue weighted by Gasteiger charge is -2.31. The first-order valence-corrected chi connectivity index (χ1v) is 10.4. The zero-order chi connectivity index (χ0) is 20.8. The number of carbonyl (C=O) groups excluding carboxylic acids is 1. The van der Waals surface area contributed by atoms with Crippen LogP contribution in [0.3, 0.4) is 0 Å². The van der Waals surface area contributed by atoms with Gasteiger partial charge in [0, 0.05) is 19.6 Å². The topological polar surface area (TPSA) is 50.8 Å². The molecule has 1 aliphatic rings. The van der Waals surface area contributed by atoms with E-state index >= 15 is 0 Å². The average Bonchev–Trinajstić information content (AvgIpc) is 2.78. The molecule has 3 aromatic rings. The minimum atomic E-state index is -0.123. The Balaban J connectivity index is 1.40. The normalized spacial score (nSPS) is 15.6. The summed E-state index contributed by atoms with van der Waals surface area (Å²) in [5.41, 5.74) is 2.31. The van der Waals surface area contributed by atoms with Gasteiger partial charge in [0.05, 0.1) is 19.3 Å². The van der Waals surface area contributed by atoms with E-state index in [9.17, 15) is 4.79 Å². The smallest absolute Gasteiger partial charge is 0.258 e. The van der Waals surface area contributed by atoms with Crippen LogP contribution in [-0.2, 0) is 9.53 Å². The van der Waals surface area contributed by atoms with Crippen molar-refractivity contribution in [2.24, 2.45) is 0 Å². The first kappa shape index (κ1) is 20.4. The van der Waals surface area contributed by atoms with Crippen LogP contribution in [0.4, 0.5) is 0 Å². The molecule has 1 N–H and O–H groups in total. The highest BCUT2D eigenvalue weighted by molar-refractivity contribution is 5.84. The van der Waals surface area contributed by atoms with Gasteiger partial charge in [0.2, 0.25) is 0 Å². The van der Waals surface area contributed by atoms with Crippen LogP contribution in [-0.4, -0.2) is 50.3 Å². The molecule has 0 saturated carbocycles. The number of nitrogens with zero attached hydrogens (tertiary/aromatic N) is 1. The predicted octanol–water partition coefficient (Wildman–Crippen LogP) is 3.72. The number of hydrogen-bond acceptors (Lipinski definition) is 4. The Kier molecular flexibility index (Phi) is 6.62. The number of amides is 1. The third kappa shape index (κ3) is 5.38. The molecule has 1 heterocycles. The van der Waals surface area contributed by atoms with Crippen LogP contribution in [0.1, 0.15) is 17.2 Å². The maximum atomic E-state index is 12.7. The Morgan fingerprint density at radius 1 is 1.03 bits per heavy atom. The van der Waals surface area contributed by atoms with E-state index in [1.54, 1.807) is 0 Å². The molecule has 1 saturated heterocycles. The van der Waals surface area contributed by atoms with Crippen molar-refractivity contribution < 1.29 is 14.3 Å². The van der Waals surface area contributed by atoms with Crippen molar-refractivity contribution in [3.8, 4) is 5.75 Å². The molecule has 1 amide bonds. The number of ether oxygens (including phenoxy) is 2. The summed E-state index contributed by atoms with van der Waals surface area (Å²) in [6.45, 7) is 6.05. The first-order chi connectivity index (χ1) is 14.7. The molecule has 156 valence electrons. The van der Waals surface area contributed by atoms with Crippen LogP contribution in [0.2, 0.25) is 0 Å². The molecule has 3 aromatic carbocycles. The molecule has 0 radical (unpaired) electrons. The second-order valence-corrected chi connectivity index (χ2v) is 7.74. The number of nitrogens with one attached hydrogen (secondary N) is 1. The van der Waals surface area contributed by atoms with Gasteiger partial charge in [-0.15, -0.1) is 0 Å². The zero-order valence-corrected chi connectivity index (χ0v) is 17.3. The minimum Gasteiger partial charge on any atom is -0.484 e. The molecule has 0 bridgehead atoms. The van der Waals surface area contributed by atoms with E-state index in [4.69, 9.17) is 9.47 Å². The Morgan fingerprint density at radius 3 is 2.53 bits per heavy atom. The number of rotatable bonds is 7. The lowest BCUT2D eigenvalue weighted by Crippen LogP contribution is -2.44. The van der Waals surface area contributed by atoms with Crippen LogP contribution in [0.5, 0.6) is 5.75 Å². The zero-order valence-electron chi connectivity index (χ0n) is 17.3. The number of aryl methyl sites for hydroxylation is 1. The highest BCUT2D eigenvalue weighted by atomic mass is 16.5. The van der Waals surface area contributed by atoms with Gasteiger partial charge in [0.15, 0.2) is 6.61 Å². The van der Waals surface area contributed by atoms with E-state index in [1.165, 1.54) is 5.56 Å². The van der Waals surface area contributed by atoms with Crippen molar-refractivity contribution in [1.29, 1.82) is 0 Å². The van der Waals surface area contributed by atoms with Crippen LogP contribution in [0.15, 0.2) is 66.7 Å². The first-order valence-electron chi connectivity index (χ1n) is 10.4. The van der Waals surface area contributed by atoms with E-state index in [1.807, 2.05) is 36.4 Å². The molecule has 0 aliphatic carbocycles. The molecule has 1 aliphatic heterocycles. The van der Waals surface area contributed by atoms with E-state index in [2.05, 4.69) is 47.5 Å². The molecule has 5 heteroatoms. The van der Waals surface area contributed by atoms with Crippen molar-refractivity contribution in [3.05, 3.63) is 77.9 Å². The summed E-state index contributed by atoms with van der Waals surface area (Å²) < 4.78 is 11.2. The fourth-order valence-electron chi connectivity index (χ4n) is 3.72. The van der Waals surface area contributed by atoms with Gasteiger partial charge in [-0.25, -0.2) is 0 Å².